The maximum atomic E-state index is 12.1. The molecule has 0 saturated carbocycles. The molecule has 6 heterocycles. The van der Waals surface area contributed by atoms with Gasteiger partial charge in [-0.05, 0) is 110 Å². The Bertz CT molecular complexity index is 2600. The summed E-state index contributed by atoms with van der Waals surface area (Å²) in [5.41, 5.74) is 11.1. The van der Waals surface area contributed by atoms with Crippen molar-refractivity contribution in [3.8, 4) is 32.4 Å². The van der Waals surface area contributed by atoms with E-state index in [4.69, 9.17) is 43.5 Å². The Labute approximate surface area is 382 Å². The minimum Gasteiger partial charge on any atom is -0.487 e. The first-order valence-corrected chi connectivity index (χ1v) is 21.3. The lowest BCUT2D eigenvalue weighted by atomic mass is 10.1. The number of benzene rings is 2. The number of thiophene rings is 2. The molecule has 1 amide bonds. The average molecular weight is 932 g/mol. The Hall–Kier alpha value is -5.67. The molecule has 62 heavy (non-hydrogen) atoms. The highest BCUT2D eigenvalue weighted by Crippen LogP contribution is 2.42. The quantitative estimate of drug-likeness (QED) is 0.0839. The number of amides is 1. The van der Waals surface area contributed by atoms with Crippen LogP contribution in [0.3, 0.4) is 0 Å². The van der Waals surface area contributed by atoms with Crippen molar-refractivity contribution in [2.75, 3.05) is 13.1 Å². The minimum absolute atomic E-state index is 0. The van der Waals surface area contributed by atoms with Crippen LogP contribution in [0.4, 0.5) is 0 Å². The largest absolute Gasteiger partial charge is 0.487 e. The van der Waals surface area contributed by atoms with Gasteiger partial charge in [-0.25, -0.2) is 4.79 Å². The van der Waals surface area contributed by atoms with Crippen molar-refractivity contribution < 1.29 is 33.8 Å². The van der Waals surface area contributed by atoms with E-state index in [0.29, 0.717) is 41.0 Å². The maximum Gasteiger partial charge on any atom is 0.328 e. The van der Waals surface area contributed by atoms with E-state index < -0.39 is 5.97 Å². The van der Waals surface area contributed by atoms with Gasteiger partial charge in [-0.3, -0.25) is 24.4 Å². The molecule has 2 aliphatic rings. The zero-order chi connectivity index (χ0) is 43.5. The van der Waals surface area contributed by atoms with E-state index in [-0.39, 0.29) is 42.1 Å². The van der Waals surface area contributed by atoms with Gasteiger partial charge in [0.1, 0.15) is 23.7 Å². The molecule has 0 aliphatic carbocycles. The van der Waals surface area contributed by atoms with Crippen molar-refractivity contribution >= 4 is 93.9 Å². The number of nitrogens with two attached hydrogens (primary N) is 1. The Morgan fingerprint density at radius 1 is 0.742 bits per heavy atom. The van der Waals surface area contributed by atoms with Crippen molar-refractivity contribution in [2.45, 2.75) is 38.9 Å². The van der Waals surface area contributed by atoms with Crippen LogP contribution in [-0.2, 0) is 22.4 Å². The number of fused-ring (bicyclic) bond motifs is 2. The van der Waals surface area contributed by atoms with Crippen LogP contribution < -0.4 is 20.5 Å². The molecule has 2 atom stereocenters. The molecule has 16 heteroatoms. The summed E-state index contributed by atoms with van der Waals surface area (Å²) in [6.45, 7) is 3.99. The van der Waals surface area contributed by atoms with Crippen LogP contribution in [0.2, 0.25) is 10.0 Å². The second kappa shape index (κ2) is 22.4. The second-order valence-electron chi connectivity index (χ2n) is 13.7. The fourth-order valence-corrected chi connectivity index (χ4v) is 8.55. The fraction of sp³-hybridized carbons (Fsp3) is 0.174. The summed E-state index contributed by atoms with van der Waals surface area (Å²) >= 11 is 15.7. The van der Waals surface area contributed by atoms with Gasteiger partial charge in [-0.15, -0.1) is 35.1 Å². The number of Topliss-reactive ketones (excluding diaryl/α,β-unsaturated/α-hetero) is 2. The van der Waals surface area contributed by atoms with E-state index in [0.717, 1.165) is 65.7 Å². The summed E-state index contributed by atoms with van der Waals surface area (Å²) in [6.07, 6.45) is 10.2. The number of hydrogen-bond donors (Lipinski definition) is 3. The summed E-state index contributed by atoms with van der Waals surface area (Å²) < 4.78 is 11.7. The molecular formula is C46H41Cl3N4O7S2. The number of aromatic nitrogens is 2. The van der Waals surface area contributed by atoms with Gasteiger partial charge >= 0.3 is 5.97 Å². The highest BCUT2D eigenvalue weighted by Gasteiger charge is 2.27. The average Bonchev–Trinajstić information content (AvgIpc) is 4.09. The lowest BCUT2D eigenvalue weighted by Gasteiger charge is -2.11. The number of hydrogen-bond acceptors (Lipinski definition) is 11. The first-order chi connectivity index (χ1) is 29.4. The first kappa shape index (κ1) is 47.4. The molecule has 6 aromatic rings. The summed E-state index contributed by atoms with van der Waals surface area (Å²) in [5, 5.41) is 12.2. The number of ether oxygens (including phenoxy) is 2. The number of halogens is 3. The first-order valence-electron chi connectivity index (χ1n) is 19.0. The fourth-order valence-electron chi connectivity index (χ4n) is 6.21. The highest BCUT2D eigenvalue weighted by molar-refractivity contribution is 7.17. The number of carbonyl (C=O) groups is 4. The second-order valence-corrected chi connectivity index (χ2v) is 16.7. The van der Waals surface area contributed by atoms with E-state index in [1.807, 2.05) is 60.7 Å². The Balaban J connectivity index is 0.000000195. The van der Waals surface area contributed by atoms with Crippen molar-refractivity contribution in [2.24, 2.45) is 5.73 Å². The number of nitrogens with one attached hydrogen (secondary N) is 1. The molecule has 4 N–H and O–H groups in total. The topological polar surface area (TPSA) is 171 Å². The monoisotopic (exact) mass is 930 g/mol. The van der Waals surface area contributed by atoms with Gasteiger partial charge in [0.25, 0.3) is 0 Å². The van der Waals surface area contributed by atoms with Crippen molar-refractivity contribution in [3.63, 3.8) is 0 Å². The molecule has 0 bridgehead atoms. The van der Waals surface area contributed by atoms with Crippen LogP contribution in [0.5, 0.6) is 11.5 Å². The van der Waals surface area contributed by atoms with E-state index in [1.165, 1.54) is 34.8 Å². The molecule has 2 aromatic carbocycles. The molecule has 0 fully saturated rings. The van der Waals surface area contributed by atoms with Crippen LogP contribution in [0.25, 0.3) is 33.0 Å². The van der Waals surface area contributed by atoms with Gasteiger partial charge in [0, 0.05) is 64.8 Å². The smallest absolute Gasteiger partial charge is 0.328 e. The number of carboxylic acids is 1. The summed E-state index contributed by atoms with van der Waals surface area (Å²) in [4.78, 5) is 56.6. The van der Waals surface area contributed by atoms with E-state index in [9.17, 15) is 19.2 Å². The van der Waals surface area contributed by atoms with E-state index in [2.05, 4.69) is 21.4 Å². The lowest BCUT2D eigenvalue weighted by molar-refractivity contribution is -0.131. The van der Waals surface area contributed by atoms with Crippen LogP contribution in [0, 0.1) is 0 Å². The third-order valence-electron chi connectivity index (χ3n) is 9.12. The predicted octanol–water partition coefficient (Wildman–Crippen LogP) is 9.93. The molecular weight excluding hydrogens is 891 g/mol. The standard InChI is InChI=1S/C23H19ClN2O3S.C15H14ClNO2S.C8H7NO2.ClH/c1-14(27)20-6-7-21(30-20)15-10-16-11-18(29-23(16)19(24)12-15)13-26-22(28)8-5-17-4-2-3-9-25-17;1-8(18)13-2-3-14(20-13)9-4-10-5-11(7-17)19-15(10)12(16)6-9;10-8(11)5-4-7-3-1-2-6-9-7;/h2-10,12,18H,11,13H2,1H3,(H,26,28);2-4,6,11H,5,7,17H2,1H3;1-6H,(H,10,11);1H/b8-5+;;5-4+;. The van der Waals surface area contributed by atoms with Crippen LogP contribution in [-0.4, -0.2) is 63.8 Å². The minimum atomic E-state index is -0.962. The zero-order valence-corrected chi connectivity index (χ0v) is 37.3. The van der Waals surface area contributed by atoms with Crippen molar-refractivity contribution in [3.05, 3.63) is 152 Å². The Kier molecular flexibility index (Phi) is 17.1. The molecule has 4 aromatic heterocycles. The molecule has 2 aliphatic heterocycles. The Morgan fingerprint density at radius 3 is 1.66 bits per heavy atom. The van der Waals surface area contributed by atoms with Crippen LogP contribution >= 0.6 is 58.3 Å². The Morgan fingerprint density at radius 2 is 1.23 bits per heavy atom. The summed E-state index contributed by atoms with van der Waals surface area (Å²) in [6, 6.07) is 26.2. The third kappa shape index (κ3) is 12.9. The van der Waals surface area contributed by atoms with Gasteiger partial charge in [0.05, 0.1) is 37.7 Å². The molecule has 320 valence electrons. The number of ketones is 2. The normalized spacial score (nSPS) is 14.5. The number of carboxylic acid groups (broad SMARTS) is 1. The predicted molar refractivity (Wildman–Crippen MR) is 249 cm³/mol. The number of nitrogens with zero attached hydrogens (tertiary/aromatic N) is 2. The lowest BCUT2D eigenvalue weighted by Crippen LogP contribution is -2.33. The van der Waals surface area contributed by atoms with Crippen molar-refractivity contribution in [1.82, 2.24) is 15.3 Å². The third-order valence-corrected chi connectivity index (χ3v) is 12.2. The molecule has 0 saturated heterocycles. The van der Waals surface area contributed by atoms with Gasteiger partial charge in [-0.2, -0.15) is 0 Å². The number of rotatable bonds is 11. The van der Waals surface area contributed by atoms with Gasteiger partial charge in [-0.1, -0.05) is 35.3 Å². The number of aliphatic carboxylic acids is 1. The SMILES string of the molecule is CC(=O)c1ccc(-c2cc(Cl)c3c(c2)CC(CN)O3)s1.CC(=O)c1ccc(-c2cc(Cl)c3c(c2)CC(CNC(=O)/C=C/c2ccccn2)O3)s1.Cl.O=C(O)/C=C/c1ccccn1. The molecule has 11 nitrogen and oxygen atoms in total. The zero-order valence-electron chi connectivity index (χ0n) is 33.4. The van der Waals surface area contributed by atoms with Crippen LogP contribution in [0.15, 0.2) is 109 Å². The maximum absolute atomic E-state index is 12.1. The molecule has 8 rings (SSSR count). The van der Waals surface area contributed by atoms with Crippen LogP contribution in [0.1, 0.15) is 55.7 Å². The van der Waals surface area contributed by atoms with Crippen molar-refractivity contribution in [1.29, 1.82) is 0 Å². The molecule has 2 unspecified atom stereocenters. The summed E-state index contributed by atoms with van der Waals surface area (Å²) in [5.74, 6) is 0.369. The van der Waals surface area contributed by atoms with Gasteiger partial charge in [0.15, 0.2) is 11.6 Å². The highest BCUT2D eigenvalue weighted by atomic mass is 35.5. The van der Waals surface area contributed by atoms with E-state index >= 15 is 0 Å². The number of pyridine rings is 2. The number of carbonyl (C=O) groups excluding carboxylic acids is 3. The van der Waals surface area contributed by atoms with Gasteiger partial charge in [0.2, 0.25) is 5.91 Å². The molecule has 0 radical (unpaired) electrons. The van der Waals surface area contributed by atoms with E-state index in [1.54, 1.807) is 50.5 Å². The summed E-state index contributed by atoms with van der Waals surface area (Å²) in [7, 11) is 0. The molecule has 0 spiro atoms. The van der Waals surface area contributed by atoms with Gasteiger partial charge < -0.3 is 25.6 Å².